The number of nitrogens with one attached hydrogen (secondary N) is 1. The van der Waals surface area contributed by atoms with Crippen LogP contribution in [0.3, 0.4) is 0 Å². The summed E-state index contributed by atoms with van der Waals surface area (Å²) in [5, 5.41) is 11.8. The maximum atomic E-state index is 12.4. The fourth-order valence-corrected chi connectivity index (χ4v) is 2.19. The number of ether oxygens (including phenoxy) is 1. The van der Waals surface area contributed by atoms with E-state index in [9.17, 15) is 14.7 Å². The fourth-order valence-electron chi connectivity index (χ4n) is 2.19. The van der Waals surface area contributed by atoms with E-state index >= 15 is 0 Å². The second kappa shape index (κ2) is 7.31. The Hall–Kier alpha value is -3.02. The molecule has 0 aliphatic rings. The molecule has 0 saturated heterocycles. The number of hydrogen-bond donors (Lipinski definition) is 3. The summed E-state index contributed by atoms with van der Waals surface area (Å²) in [6.45, 7) is 0. The van der Waals surface area contributed by atoms with Crippen LogP contribution in [0.5, 0.6) is 5.75 Å². The summed E-state index contributed by atoms with van der Waals surface area (Å²) in [6.07, 6.45) is 0.187. The number of methoxy groups -OCH3 is 1. The topological polar surface area (TPSA) is 102 Å². The van der Waals surface area contributed by atoms with E-state index in [1.54, 1.807) is 12.1 Å². The number of carboxylic acids is 1. The molecule has 0 heterocycles. The lowest BCUT2D eigenvalue weighted by molar-refractivity contribution is -0.139. The van der Waals surface area contributed by atoms with E-state index in [1.165, 1.54) is 13.2 Å². The molecule has 1 amide bonds. The van der Waals surface area contributed by atoms with Crippen LogP contribution in [0.15, 0.2) is 48.5 Å². The van der Waals surface area contributed by atoms with Gasteiger partial charge < -0.3 is 20.9 Å². The van der Waals surface area contributed by atoms with Gasteiger partial charge in [-0.15, -0.1) is 0 Å². The summed E-state index contributed by atoms with van der Waals surface area (Å²) in [5.41, 5.74) is 7.10. The number of carboxylic acid groups (broad SMARTS) is 1. The molecule has 0 fully saturated rings. The average molecular weight is 314 g/mol. The number of nitrogen functional groups attached to an aromatic ring is 1. The van der Waals surface area contributed by atoms with Crippen LogP contribution in [-0.2, 0) is 11.2 Å². The van der Waals surface area contributed by atoms with Gasteiger partial charge in [0.25, 0.3) is 5.91 Å². The molecule has 2 aromatic rings. The first kappa shape index (κ1) is 16.4. The molecule has 0 spiro atoms. The normalized spacial score (nSPS) is 11.5. The number of carbonyl (C=O) groups excluding carboxylic acids is 1. The molecular weight excluding hydrogens is 296 g/mol. The summed E-state index contributed by atoms with van der Waals surface area (Å²) >= 11 is 0. The van der Waals surface area contributed by atoms with Gasteiger partial charge in [0.1, 0.15) is 11.8 Å². The monoisotopic (exact) mass is 314 g/mol. The van der Waals surface area contributed by atoms with Crippen LogP contribution in [-0.4, -0.2) is 30.1 Å². The van der Waals surface area contributed by atoms with Crippen LogP contribution in [0.2, 0.25) is 0 Å². The van der Waals surface area contributed by atoms with E-state index in [2.05, 4.69) is 5.32 Å². The summed E-state index contributed by atoms with van der Waals surface area (Å²) < 4.78 is 5.12. The first-order valence-electron chi connectivity index (χ1n) is 7.02. The smallest absolute Gasteiger partial charge is 0.326 e. The lowest BCUT2D eigenvalue weighted by Crippen LogP contribution is -2.42. The van der Waals surface area contributed by atoms with Crippen molar-refractivity contribution in [3.05, 3.63) is 59.7 Å². The standard InChI is InChI=1S/C17H18N2O4/c1-23-15-8-7-12(18)10-13(15)16(20)19-14(17(21)22)9-11-5-3-2-4-6-11/h2-8,10,14H,9,18H2,1H3,(H,19,20)(H,21,22). The van der Waals surface area contributed by atoms with E-state index in [1.807, 2.05) is 30.3 Å². The Balaban J connectivity index is 2.18. The second-order valence-corrected chi connectivity index (χ2v) is 5.01. The number of rotatable bonds is 6. The Kier molecular flexibility index (Phi) is 5.19. The molecule has 0 radical (unpaired) electrons. The molecular formula is C17H18N2O4. The minimum Gasteiger partial charge on any atom is -0.496 e. The van der Waals surface area contributed by atoms with Crippen molar-refractivity contribution in [1.29, 1.82) is 0 Å². The minimum atomic E-state index is -1.11. The summed E-state index contributed by atoms with van der Waals surface area (Å²) in [6, 6.07) is 12.7. The molecule has 23 heavy (non-hydrogen) atoms. The molecule has 2 rings (SSSR count). The third-order valence-corrected chi connectivity index (χ3v) is 3.35. The molecule has 2 aromatic carbocycles. The van der Waals surface area contributed by atoms with Gasteiger partial charge in [-0.25, -0.2) is 4.79 Å². The first-order chi connectivity index (χ1) is 11.0. The molecule has 0 bridgehead atoms. The number of amides is 1. The quantitative estimate of drug-likeness (QED) is 0.704. The Bertz CT molecular complexity index is 701. The Morgan fingerprint density at radius 1 is 1.22 bits per heavy atom. The molecule has 0 aliphatic heterocycles. The van der Waals surface area contributed by atoms with Gasteiger partial charge in [0.15, 0.2) is 0 Å². The van der Waals surface area contributed by atoms with Crippen LogP contribution in [0.1, 0.15) is 15.9 Å². The van der Waals surface area contributed by atoms with Crippen molar-refractivity contribution >= 4 is 17.6 Å². The minimum absolute atomic E-state index is 0.187. The number of hydrogen-bond acceptors (Lipinski definition) is 4. The van der Waals surface area contributed by atoms with E-state index < -0.39 is 17.9 Å². The van der Waals surface area contributed by atoms with E-state index in [0.717, 1.165) is 5.56 Å². The van der Waals surface area contributed by atoms with Crippen LogP contribution in [0.4, 0.5) is 5.69 Å². The van der Waals surface area contributed by atoms with Crippen LogP contribution in [0, 0.1) is 0 Å². The van der Waals surface area contributed by atoms with Crippen molar-refractivity contribution in [1.82, 2.24) is 5.32 Å². The summed E-state index contributed by atoms with van der Waals surface area (Å²) in [7, 11) is 1.43. The molecule has 0 aromatic heterocycles. The van der Waals surface area contributed by atoms with Crippen LogP contribution in [0.25, 0.3) is 0 Å². The van der Waals surface area contributed by atoms with Crippen molar-refractivity contribution in [3.8, 4) is 5.75 Å². The van der Waals surface area contributed by atoms with Gasteiger partial charge >= 0.3 is 5.97 Å². The molecule has 1 unspecified atom stereocenters. The fraction of sp³-hybridized carbons (Fsp3) is 0.176. The molecule has 120 valence electrons. The number of benzene rings is 2. The second-order valence-electron chi connectivity index (χ2n) is 5.01. The van der Waals surface area contributed by atoms with Crippen molar-refractivity contribution in [2.75, 3.05) is 12.8 Å². The Labute approximate surface area is 133 Å². The van der Waals surface area contributed by atoms with Gasteiger partial charge in [-0.2, -0.15) is 0 Å². The zero-order chi connectivity index (χ0) is 16.8. The van der Waals surface area contributed by atoms with Crippen LogP contribution < -0.4 is 15.8 Å². The van der Waals surface area contributed by atoms with Gasteiger partial charge in [0, 0.05) is 12.1 Å². The first-order valence-corrected chi connectivity index (χ1v) is 7.02. The van der Waals surface area contributed by atoms with Crippen molar-refractivity contribution in [2.45, 2.75) is 12.5 Å². The Morgan fingerprint density at radius 2 is 1.91 bits per heavy atom. The maximum absolute atomic E-state index is 12.4. The van der Waals surface area contributed by atoms with E-state index in [0.29, 0.717) is 11.4 Å². The van der Waals surface area contributed by atoms with Gasteiger partial charge in [-0.05, 0) is 23.8 Å². The van der Waals surface area contributed by atoms with Crippen molar-refractivity contribution in [3.63, 3.8) is 0 Å². The summed E-state index contributed by atoms with van der Waals surface area (Å²) in [4.78, 5) is 23.8. The molecule has 0 aliphatic carbocycles. The van der Waals surface area contributed by atoms with Gasteiger partial charge in [0.2, 0.25) is 0 Å². The van der Waals surface area contributed by atoms with Crippen LogP contribution >= 0.6 is 0 Å². The number of aliphatic carboxylic acids is 1. The third kappa shape index (κ3) is 4.23. The lowest BCUT2D eigenvalue weighted by atomic mass is 10.1. The van der Waals surface area contributed by atoms with Gasteiger partial charge in [-0.1, -0.05) is 30.3 Å². The number of anilines is 1. The number of carbonyl (C=O) groups is 2. The largest absolute Gasteiger partial charge is 0.496 e. The highest BCUT2D eigenvalue weighted by molar-refractivity contribution is 5.99. The lowest BCUT2D eigenvalue weighted by Gasteiger charge is -2.16. The molecule has 1 atom stereocenters. The average Bonchev–Trinajstić information content (AvgIpc) is 2.55. The molecule has 4 N–H and O–H groups in total. The van der Waals surface area contributed by atoms with Crippen molar-refractivity contribution in [2.24, 2.45) is 0 Å². The van der Waals surface area contributed by atoms with Gasteiger partial charge in [0.05, 0.1) is 12.7 Å². The highest BCUT2D eigenvalue weighted by Crippen LogP contribution is 2.21. The molecule has 0 saturated carbocycles. The van der Waals surface area contributed by atoms with E-state index in [-0.39, 0.29) is 12.0 Å². The zero-order valence-corrected chi connectivity index (χ0v) is 12.7. The third-order valence-electron chi connectivity index (χ3n) is 3.35. The predicted molar refractivity (Wildman–Crippen MR) is 86.4 cm³/mol. The maximum Gasteiger partial charge on any atom is 0.326 e. The highest BCUT2D eigenvalue weighted by atomic mass is 16.5. The van der Waals surface area contributed by atoms with Crippen molar-refractivity contribution < 1.29 is 19.4 Å². The van der Waals surface area contributed by atoms with Gasteiger partial charge in [-0.3, -0.25) is 4.79 Å². The molecule has 6 nitrogen and oxygen atoms in total. The Morgan fingerprint density at radius 3 is 2.52 bits per heavy atom. The zero-order valence-electron chi connectivity index (χ0n) is 12.7. The SMILES string of the molecule is COc1ccc(N)cc1C(=O)NC(Cc1ccccc1)C(=O)O. The predicted octanol–water partition coefficient (Wildman–Crippen LogP) is 1.70. The molecule has 6 heteroatoms. The summed E-state index contributed by atoms with van der Waals surface area (Å²) in [5.74, 6) is -1.32. The van der Waals surface area contributed by atoms with E-state index in [4.69, 9.17) is 10.5 Å². The number of nitrogens with two attached hydrogens (primary N) is 1. The highest BCUT2D eigenvalue weighted by Gasteiger charge is 2.23.